The van der Waals surface area contributed by atoms with Crippen LogP contribution in [0.1, 0.15) is 22.3 Å². The maximum atomic E-state index is 13.8. The van der Waals surface area contributed by atoms with Crippen molar-refractivity contribution in [3.63, 3.8) is 0 Å². The van der Waals surface area contributed by atoms with Gasteiger partial charge in [0.1, 0.15) is 11.5 Å². The highest BCUT2D eigenvalue weighted by Crippen LogP contribution is 2.37. The third-order valence-electron chi connectivity index (χ3n) is 5.78. The molecule has 0 amide bonds. The number of aryl methyl sites for hydroxylation is 2. The minimum absolute atomic E-state index is 0.0185. The van der Waals surface area contributed by atoms with Gasteiger partial charge in [-0.05, 0) is 85.1 Å². The summed E-state index contributed by atoms with van der Waals surface area (Å²) in [5, 5.41) is 0. The Morgan fingerprint density at radius 3 is 2.11 bits per heavy atom. The summed E-state index contributed by atoms with van der Waals surface area (Å²) in [6.07, 6.45) is -4.86. The number of pyridine rings is 1. The molecule has 2 N–H and O–H groups in total. The summed E-state index contributed by atoms with van der Waals surface area (Å²) in [6.45, 7) is 11.1. The zero-order valence-electron chi connectivity index (χ0n) is 19.6. The minimum atomic E-state index is -4.86. The summed E-state index contributed by atoms with van der Waals surface area (Å²) in [7, 11) is 0. The molecule has 0 unspecified atom stereocenters. The van der Waals surface area contributed by atoms with Gasteiger partial charge in [-0.25, -0.2) is 4.85 Å². The number of rotatable bonds is 5. The third-order valence-corrected chi connectivity index (χ3v) is 5.78. The fourth-order valence-electron chi connectivity index (χ4n) is 3.91. The largest absolute Gasteiger partial charge is 0.457 e. The lowest BCUT2D eigenvalue weighted by atomic mass is 10.0. The van der Waals surface area contributed by atoms with Crippen LogP contribution in [-0.2, 0) is 12.7 Å². The van der Waals surface area contributed by atoms with Crippen molar-refractivity contribution < 1.29 is 17.9 Å². The molecular weight excluding hydrogens is 467 g/mol. The van der Waals surface area contributed by atoms with Gasteiger partial charge in [0.05, 0.1) is 18.7 Å². The van der Waals surface area contributed by atoms with Crippen LogP contribution in [0.25, 0.3) is 16.1 Å². The first kappa shape index (κ1) is 24.6. The van der Waals surface area contributed by atoms with Crippen LogP contribution in [0.2, 0.25) is 0 Å². The van der Waals surface area contributed by atoms with Gasteiger partial charge in [0.25, 0.3) is 11.2 Å². The molecule has 0 fully saturated rings. The zero-order valence-corrected chi connectivity index (χ0v) is 19.6. The van der Waals surface area contributed by atoms with Gasteiger partial charge in [0.2, 0.25) is 0 Å². The van der Waals surface area contributed by atoms with Crippen molar-refractivity contribution in [1.82, 2.24) is 4.57 Å². The van der Waals surface area contributed by atoms with E-state index in [0.29, 0.717) is 22.7 Å². The van der Waals surface area contributed by atoms with Gasteiger partial charge in [0, 0.05) is 11.4 Å². The van der Waals surface area contributed by atoms with Crippen LogP contribution in [0.4, 0.5) is 24.5 Å². The zero-order chi connectivity index (χ0) is 26.0. The van der Waals surface area contributed by atoms with E-state index < -0.39 is 23.0 Å². The van der Waals surface area contributed by atoms with Crippen molar-refractivity contribution in [2.45, 2.75) is 26.6 Å². The lowest BCUT2D eigenvalue weighted by molar-refractivity contribution is -0.136. The van der Waals surface area contributed by atoms with E-state index in [1.807, 2.05) is 32.0 Å². The molecule has 0 aliphatic rings. The topological polar surface area (TPSA) is 61.6 Å². The lowest BCUT2D eigenvalue weighted by Gasteiger charge is -2.19. The van der Waals surface area contributed by atoms with Gasteiger partial charge in [0.15, 0.2) is 0 Å². The van der Waals surface area contributed by atoms with E-state index in [2.05, 4.69) is 4.85 Å². The lowest BCUT2D eigenvalue weighted by Crippen LogP contribution is -2.25. The second kappa shape index (κ2) is 9.62. The van der Waals surface area contributed by atoms with Gasteiger partial charge >= 0.3 is 6.18 Å². The number of alkyl halides is 3. The first-order chi connectivity index (χ1) is 17.1. The molecule has 5 nitrogen and oxygen atoms in total. The van der Waals surface area contributed by atoms with Crippen molar-refractivity contribution >= 4 is 11.4 Å². The first-order valence-corrected chi connectivity index (χ1v) is 11.0. The van der Waals surface area contributed by atoms with Gasteiger partial charge in [-0.1, -0.05) is 23.8 Å². The summed E-state index contributed by atoms with van der Waals surface area (Å²) < 4.78 is 48.4. The predicted octanol–water partition coefficient (Wildman–Crippen LogP) is 7.12. The summed E-state index contributed by atoms with van der Waals surface area (Å²) in [5.41, 5.74) is 6.20. The van der Waals surface area contributed by atoms with E-state index in [0.717, 1.165) is 22.8 Å². The number of nitrogen functional groups attached to an aromatic ring is 1. The fourth-order valence-corrected chi connectivity index (χ4v) is 3.91. The molecule has 36 heavy (non-hydrogen) atoms. The van der Waals surface area contributed by atoms with Crippen LogP contribution in [-0.4, -0.2) is 4.57 Å². The molecule has 0 saturated heterocycles. The average Bonchev–Trinajstić information content (AvgIpc) is 2.83. The molecule has 4 rings (SSSR count). The molecule has 0 saturated carbocycles. The Labute approximate surface area is 206 Å². The summed E-state index contributed by atoms with van der Waals surface area (Å²) in [6, 6.07) is 19.6. The van der Waals surface area contributed by atoms with Crippen molar-refractivity contribution in [2.24, 2.45) is 0 Å². The van der Waals surface area contributed by atoms with Gasteiger partial charge < -0.3 is 15.0 Å². The van der Waals surface area contributed by atoms with E-state index in [4.69, 9.17) is 17.0 Å². The minimum Gasteiger partial charge on any atom is -0.457 e. The van der Waals surface area contributed by atoms with Crippen LogP contribution < -0.4 is 16.0 Å². The number of hydrogen-bond donors (Lipinski definition) is 1. The second-order valence-corrected chi connectivity index (χ2v) is 8.42. The molecule has 0 aliphatic heterocycles. The molecule has 0 aliphatic carbocycles. The Kier molecular flexibility index (Phi) is 6.58. The van der Waals surface area contributed by atoms with Gasteiger partial charge in [-0.15, -0.1) is 0 Å². The van der Waals surface area contributed by atoms with E-state index in [9.17, 15) is 18.0 Å². The molecule has 3 aromatic carbocycles. The van der Waals surface area contributed by atoms with Gasteiger partial charge in [-0.2, -0.15) is 13.2 Å². The summed E-state index contributed by atoms with van der Waals surface area (Å²) >= 11 is 0. The number of benzene rings is 3. The monoisotopic (exact) mass is 489 g/mol. The summed E-state index contributed by atoms with van der Waals surface area (Å²) in [5.74, 6) is 1.00. The van der Waals surface area contributed by atoms with E-state index >= 15 is 0 Å². The third kappa shape index (κ3) is 5.10. The number of nitrogens with zero attached hydrogens (tertiary/aromatic N) is 2. The Balaban J connectivity index is 1.82. The van der Waals surface area contributed by atoms with Gasteiger partial charge in [-0.3, -0.25) is 4.79 Å². The van der Waals surface area contributed by atoms with Crippen molar-refractivity contribution in [2.75, 3.05) is 5.73 Å². The highest BCUT2D eigenvalue weighted by molar-refractivity contribution is 5.67. The molecular formula is C28H22F3N3O2. The number of aromatic nitrogens is 1. The standard InChI is InChI=1S/C28H22F3N3O2/c1-17-4-5-20(18(2)14-17)16-34-25(15-24(28(29,30)31)26(33-3)27(34)35)19-6-10-22(11-7-19)36-23-12-8-21(32)9-13-23/h4-15H,16,32H2,1-2H3. The van der Waals surface area contributed by atoms with Crippen molar-refractivity contribution in [3.8, 4) is 22.8 Å². The van der Waals surface area contributed by atoms with Crippen LogP contribution in [0.15, 0.2) is 77.6 Å². The van der Waals surface area contributed by atoms with E-state index in [1.54, 1.807) is 48.5 Å². The predicted molar refractivity (Wildman–Crippen MR) is 133 cm³/mol. The average molecular weight is 489 g/mol. The molecule has 8 heteroatoms. The highest BCUT2D eigenvalue weighted by atomic mass is 19.4. The van der Waals surface area contributed by atoms with Crippen LogP contribution in [0, 0.1) is 20.4 Å². The normalized spacial score (nSPS) is 11.2. The number of anilines is 1. The first-order valence-electron chi connectivity index (χ1n) is 11.0. The molecule has 182 valence electrons. The Morgan fingerprint density at radius 2 is 1.56 bits per heavy atom. The summed E-state index contributed by atoms with van der Waals surface area (Å²) in [4.78, 5) is 16.1. The Morgan fingerprint density at radius 1 is 0.944 bits per heavy atom. The number of ether oxygens (including phenoxy) is 1. The fraction of sp³-hybridized carbons (Fsp3) is 0.143. The maximum Gasteiger partial charge on any atom is 0.407 e. The highest BCUT2D eigenvalue weighted by Gasteiger charge is 2.36. The van der Waals surface area contributed by atoms with Crippen LogP contribution in [0.3, 0.4) is 0 Å². The number of hydrogen-bond acceptors (Lipinski definition) is 3. The smallest absolute Gasteiger partial charge is 0.407 e. The molecule has 0 radical (unpaired) electrons. The second-order valence-electron chi connectivity index (χ2n) is 8.42. The Bertz CT molecular complexity index is 1510. The molecule has 4 aromatic rings. The maximum absolute atomic E-state index is 13.8. The molecule has 0 spiro atoms. The van der Waals surface area contributed by atoms with E-state index in [-0.39, 0.29) is 12.2 Å². The SMILES string of the molecule is [C-]#[N+]c1c(C(F)(F)F)cc(-c2ccc(Oc3ccc(N)cc3)cc2)n(Cc2ccc(C)cc2C)c1=O. The number of nitrogens with two attached hydrogens (primary N) is 1. The van der Waals surface area contributed by atoms with Crippen molar-refractivity contribution in [3.05, 3.63) is 117 Å². The molecule has 1 heterocycles. The van der Waals surface area contributed by atoms with E-state index in [1.165, 1.54) is 4.57 Å². The Hall–Kier alpha value is -4.51. The van der Waals surface area contributed by atoms with Crippen LogP contribution in [0.5, 0.6) is 11.5 Å². The quantitative estimate of drug-likeness (QED) is 0.240. The van der Waals surface area contributed by atoms with Crippen molar-refractivity contribution in [1.29, 1.82) is 0 Å². The molecule has 1 aromatic heterocycles. The van der Waals surface area contributed by atoms with Crippen LogP contribution >= 0.6 is 0 Å². The molecule has 0 bridgehead atoms. The number of halogens is 3. The molecule has 0 atom stereocenters.